The number of hydrogen-bond donors (Lipinski definition) is 3. The highest BCUT2D eigenvalue weighted by molar-refractivity contribution is 5.94. The summed E-state index contributed by atoms with van der Waals surface area (Å²) in [5.41, 5.74) is 6.13. The second kappa shape index (κ2) is 6.65. The van der Waals surface area contributed by atoms with E-state index in [-0.39, 0.29) is 12.5 Å². The van der Waals surface area contributed by atoms with E-state index in [2.05, 4.69) is 5.32 Å². The number of amides is 2. The maximum Gasteiger partial charge on any atom is 0.248 e. The first-order valence-corrected chi connectivity index (χ1v) is 5.44. The highest BCUT2D eigenvalue weighted by Crippen LogP contribution is 2.10. The molecule has 1 rings (SSSR count). The number of hydrogen-bond acceptors (Lipinski definition) is 3. The van der Waals surface area contributed by atoms with E-state index in [0.29, 0.717) is 30.5 Å². The second-order valence-electron chi connectivity index (χ2n) is 3.67. The topological polar surface area (TPSA) is 92.4 Å². The first-order valence-electron chi connectivity index (χ1n) is 5.44. The average Bonchev–Trinajstić information content (AvgIpc) is 2.30. The highest BCUT2D eigenvalue weighted by Gasteiger charge is 2.03. The van der Waals surface area contributed by atoms with Crippen molar-refractivity contribution in [3.63, 3.8) is 0 Å². The van der Waals surface area contributed by atoms with Crippen LogP contribution in [-0.2, 0) is 4.79 Å². The maximum absolute atomic E-state index is 11.4. The van der Waals surface area contributed by atoms with Gasteiger partial charge in [0.25, 0.3) is 0 Å². The van der Waals surface area contributed by atoms with Crippen LogP contribution in [0.3, 0.4) is 0 Å². The van der Waals surface area contributed by atoms with Gasteiger partial charge in [-0.25, -0.2) is 0 Å². The molecule has 0 heterocycles. The Labute approximate surface area is 99.6 Å². The average molecular weight is 236 g/mol. The van der Waals surface area contributed by atoms with Crippen molar-refractivity contribution in [2.24, 2.45) is 5.73 Å². The number of anilines is 1. The second-order valence-corrected chi connectivity index (χ2v) is 3.67. The zero-order valence-corrected chi connectivity index (χ0v) is 9.48. The molecule has 0 atom stereocenters. The fourth-order valence-electron chi connectivity index (χ4n) is 1.34. The summed E-state index contributed by atoms with van der Waals surface area (Å²) in [7, 11) is 0. The van der Waals surface area contributed by atoms with Crippen LogP contribution in [-0.4, -0.2) is 23.5 Å². The van der Waals surface area contributed by atoms with E-state index in [1.54, 1.807) is 24.3 Å². The van der Waals surface area contributed by atoms with E-state index in [1.165, 1.54) is 0 Å². The Hall–Kier alpha value is -1.88. The summed E-state index contributed by atoms with van der Waals surface area (Å²) >= 11 is 0. The van der Waals surface area contributed by atoms with Crippen LogP contribution in [0, 0.1) is 0 Å². The lowest BCUT2D eigenvalue weighted by Gasteiger charge is -2.05. The van der Waals surface area contributed by atoms with Crippen LogP contribution in [0.15, 0.2) is 24.3 Å². The smallest absolute Gasteiger partial charge is 0.248 e. The van der Waals surface area contributed by atoms with Crippen molar-refractivity contribution >= 4 is 17.5 Å². The van der Waals surface area contributed by atoms with Gasteiger partial charge in [-0.2, -0.15) is 0 Å². The van der Waals surface area contributed by atoms with Gasteiger partial charge in [-0.05, 0) is 37.1 Å². The van der Waals surface area contributed by atoms with Crippen LogP contribution in [0.2, 0.25) is 0 Å². The summed E-state index contributed by atoms with van der Waals surface area (Å²) in [6.07, 6.45) is 1.65. The lowest BCUT2D eigenvalue weighted by Crippen LogP contribution is -2.13. The van der Waals surface area contributed by atoms with Crippen molar-refractivity contribution < 1.29 is 14.7 Å². The monoisotopic (exact) mass is 236 g/mol. The molecule has 0 aromatic heterocycles. The van der Waals surface area contributed by atoms with E-state index in [9.17, 15) is 9.59 Å². The number of unbranched alkanes of at least 4 members (excludes halogenated alkanes) is 1. The van der Waals surface area contributed by atoms with Crippen molar-refractivity contribution in [3.8, 4) is 0 Å². The van der Waals surface area contributed by atoms with Gasteiger partial charge in [-0.3, -0.25) is 9.59 Å². The Bertz CT molecular complexity index is 387. The number of nitrogens with two attached hydrogens (primary N) is 1. The molecule has 0 fully saturated rings. The number of primary amides is 1. The minimum Gasteiger partial charge on any atom is -0.396 e. The molecule has 1 aromatic carbocycles. The molecule has 0 saturated heterocycles. The number of carbonyl (C=O) groups is 2. The first kappa shape index (κ1) is 13.2. The van der Waals surface area contributed by atoms with Crippen LogP contribution in [0.25, 0.3) is 0 Å². The molecule has 5 nitrogen and oxygen atoms in total. The molecule has 0 unspecified atom stereocenters. The first-order chi connectivity index (χ1) is 8.13. The van der Waals surface area contributed by atoms with Gasteiger partial charge in [-0.15, -0.1) is 0 Å². The van der Waals surface area contributed by atoms with E-state index >= 15 is 0 Å². The molecule has 92 valence electrons. The normalized spacial score (nSPS) is 9.94. The Kier molecular flexibility index (Phi) is 5.16. The number of benzene rings is 1. The summed E-state index contributed by atoms with van der Waals surface area (Å²) in [6, 6.07) is 6.38. The van der Waals surface area contributed by atoms with Gasteiger partial charge in [0.15, 0.2) is 0 Å². The summed E-state index contributed by atoms with van der Waals surface area (Å²) in [5, 5.41) is 11.3. The van der Waals surface area contributed by atoms with E-state index in [4.69, 9.17) is 10.8 Å². The quantitative estimate of drug-likeness (QED) is 0.640. The van der Waals surface area contributed by atoms with Gasteiger partial charge in [0.1, 0.15) is 0 Å². The van der Waals surface area contributed by atoms with Crippen molar-refractivity contribution in [3.05, 3.63) is 29.8 Å². The number of rotatable bonds is 6. The molecule has 2 amide bonds. The fourth-order valence-corrected chi connectivity index (χ4v) is 1.34. The van der Waals surface area contributed by atoms with Crippen LogP contribution >= 0.6 is 0 Å². The molecule has 0 saturated carbocycles. The Balaban J connectivity index is 2.46. The fraction of sp³-hybridized carbons (Fsp3) is 0.333. The van der Waals surface area contributed by atoms with Crippen LogP contribution in [0.5, 0.6) is 0 Å². The Morgan fingerprint density at radius 1 is 1.18 bits per heavy atom. The minimum atomic E-state index is -0.495. The number of aliphatic hydroxyl groups is 1. The number of nitrogens with one attached hydrogen (secondary N) is 1. The zero-order valence-electron chi connectivity index (χ0n) is 9.48. The predicted octanol–water partition coefficient (Wildman–Crippen LogP) is 0.887. The third-order valence-electron chi connectivity index (χ3n) is 2.27. The molecular formula is C12H16N2O3. The van der Waals surface area contributed by atoms with Crippen molar-refractivity contribution in [2.45, 2.75) is 19.3 Å². The molecule has 1 aromatic rings. The molecule has 4 N–H and O–H groups in total. The number of carbonyl (C=O) groups excluding carboxylic acids is 2. The largest absolute Gasteiger partial charge is 0.396 e. The standard InChI is InChI=1S/C12H16N2O3/c13-12(17)9-4-6-10(7-5-9)14-11(16)3-1-2-8-15/h4-7,15H,1-3,8H2,(H2,13,17)(H,14,16). The predicted molar refractivity (Wildman–Crippen MR) is 64.5 cm³/mol. The van der Waals surface area contributed by atoms with Gasteiger partial charge in [0.2, 0.25) is 11.8 Å². The molecule has 0 radical (unpaired) electrons. The molecule has 0 spiro atoms. The number of aliphatic hydroxyl groups excluding tert-OH is 1. The van der Waals surface area contributed by atoms with Gasteiger partial charge < -0.3 is 16.2 Å². The molecule has 0 aliphatic heterocycles. The van der Waals surface area contributed by atoms with Crippen molar-refractivity contribution in [1.29, 1.82) is 0 Å². The van der Waals surface area contributed by atoms with Gasteiger partial charge in [0, 0.05) is 24.3 Å². The lowest BCUT2D eigenvalue weighted by atomic mass is 10.2. The molecular weight excluding hydrogens is 220 g/mol. The zero-order chi connectivity index (χ0) is 12.7. The van der Waals surface area contributed by atoms with Crippen molar-refractivity contribution in [1.82, 2.24) is 0 Å². The highest BCUT2D eigenvalue weighted by atomic mass is 16.3. The molecule has 0 aliphatic rings. The van der Waals surface area contributed by atoms with Crippen LogP contribution in [0.1, 0.15) is 29.6 Å². The Morgan fingerprint density at radius 3 is 2.35 bits per heavy atom. The lowest BCUT2D eigenvalue weighted by molar-refractivity contribution is -0.116. The van der Waals surface area contributed by atoms with Crippen molar-refractivity contribution in [2.75, 3.05) is 11.9 Å². The molecule has 17 heavy (non-hydrogen) atoms. The third-order valence-corrected chi connectivity index (χ3v) is 2.27. The van der Waals surface area contributed by atoms with Gasteiger partial charge in [-0.1, -0.05) is 0 Å². The van der Waals surface area contributed by atoms with E-state index < -0.39 is 5.91 Å². The SMILES string of the molecule is NC(=O)c1ccc(NC(=O)CCCCO)cc1. The molecule has 0 bridgehead atoms. The summed E-state index contributed by atoms with van der Waals surface area (Å²) in [5.74, 6) is -0.601. The van der Waals surface area contributed by atoms with Gasteiger partial charge in [0.05, 0.1) is 0 Å². The van der Waals surface area contributed by atoms with Crippen LogP contribution in [0.4, 0.5) is 5.69 Å². The minimum absolute atomic E-state index is 0.0978. The molecule has 5 heteroatoms. The third kappa shape index (κ3) is 4.65. The summed E-state index contributed by atoms with van der Waals surface area (Å²) in [4.78, 5) is 22.2. The van der Waals surface area contributed by atoms with Crippen LogP contribution < -0.4 is 11.1 Å². The summed E-state index contributed by atoms with van der Waals surface area (Å²) < 4.78 is 0. The van der Waals surface area contributed by atoms with Gasteiger partial charge >= 0.3 is 0 Å². The van der Waals surface area contributed by atoms with E-state index in [1.807, 2.05) is 0 Å². The summed E-state index contributed by atoms with van der Waals surface area (Å²) in [6.45, 7) is 0.0978. The molecule has 0 aliphatic carbocycles. The Morgan fingerprint density at radius 2 is 1.82 bits per heavy atom. The van der Waals surface area contributed by atoms with E-state index in [0.717, 1.165) is 0 Å². The maximum atomic E-state index is 11.4.